The molecule has 0 saturated carbocycles. The summed E-state index contributed by atoms with van der Waals surface area (Å²) in [4.78, 5) is 0. The van der Waals surface area contributed by atoms with Gasteiger partial charge in [-0.3, -0.25) is 0 Å². The van der Waals surface area contributed by atoms with Crippen LogP contribution in [-0.4, -0.2) is 6.61 Å². The Kier molecular flexibility index (Phi) is 5.20. The van der Waals surface area contributed by atoms with E-state index in [2.05, 4.69) is 13.0 Å². The molecule has 0 bridgehead atoms. The molecule has 1 nitrogen and oxygen atoms in total. The lowest BCUT2D eigenvalue weighted by Crippen LogP contribution is -2.06. The highest BCUT2D eigenvalue weighted by Gasteiger charge is 2.13. The van der Waals surface area contributed by atoms with Crippen molar-refractivity contribution < 1.29 is 4.74 Å². The zero-order valence-electron chi connectivity index (χ0n) is 10.6. The fourth-order valence-electron chi connectivity index (χ4n) is 1.94. The Bertz CT molecular complexity index is 520. The molecule has 1 aliphatic rings. The molecule has 0 aliphatic heterocycles. The normalized spacial score (nSPS) is 18.8. The highest BCUT2D eigenvalue weighted by Crippen LogP contribution is 2.27. The molecule has 4 heteroatoms. The van der Waals surface area contributed by atoms with Gasteiger partial charge in [0.05, 0.1) is 11.6 Å². The second-order valence-corrected chi connectivity index (χ2v) is 5.90. The number of ether oxygens (including phenoxy) is 1. The summed E-state index contributed by atoms with van der Waals surface area (Å²) in [6.07, 6.45) is 5.58. The van der Waals surface area contributed by atoms with Gasteiger partial charge in [-0.2, -0.15) is 0 Å². The summed E-state index contributed by atoms with van der Waals surface area (Å²) >= 11 is 18.1. The summed E-state index contributed by atoms with van der Waals surface area (Å²) in [5.74, 6) is 1.33. The number of benzene rings is 1. The minimum absolute atomic E-state index is 0.469. The van der Waals surface area contributed by atoms with Crippen LogP contribution in [0, 0.1) is 5.92 Å². The van der Waals surface area contributed by atoms with E-state index in [0.29, 0.717) is 27.6 Å². The lowest BCUT2D eigenvalue weighted by molar-refractivity contribution is 0.198. The van der Waals surface area contributed by atoms with E-state index in [1.807, 2.05) is 18.2 Å². The molecule has 19 heavy (non-hydrogen) atoms. The Morgan fingerprint density at radius 3 is 2.79 bits per heavy atom. The Morgan fingerprint density at radius 1 is 1.26 bits per heavy atom. The van der Waals surface area contributed by atoms with Gasteiger partial charge in [-0.1, -0.05) is 53.9 Å². The molecular weight excluding hydrogens is 303 g/mol. The van der Waals surface area contributed by atoms with Gasteiger partial charge in [-0.15, -0.1) is 0 Å². The van der Waals surface area contributed by atoms with Crippen LogP contribution in [0.15, 0.2) is 41.1 Å². The van der Waals surface area contributed by atoms with E-state index in [4.69, 9.17) is 39.5 Å². The molecule has 2 rings (SSSR count). The van der Waals surface area contributed by atoms with E-state index in [9.17, 15) is 0 Å². The predicted octanol–water partition coefficient (Wildman–Crippen LogP) is 5.60. The van der Waals surface area contributed by atoms with Crippen molar-refractivity contribution in [3.63, 3.8) is 0 Å². The van der Waals surface area contributed by atoms with Gasteiger partial charge in [0.1, 0.15) is 5.76 Å². The molecule has 0 saturated heterocycles. The summed E-state index contributed by atoms with van der Waals surface area (Å²) in [6.45, 7) is 2.70. The maximum atomic E-state index is 6.11. The second-order valence-electron chi connectivity index (χ2n) is 4.65. The van der Waals surface area contributed by atoms with Crippen molar-refractivity contribution in [3.8, 4) is 0 Å². The molecule has 1 aromatic carbocycles. The minimum Gasteiger partial charge on any atom is -0.496 e. The largest absolute Gasteiger partial charge is 0.496 e. The van der Waals surface area contributed by atoms with Crippen molar-refractivity contribution in [2.45, 2.75) is 19.8 Å². The molecule has 0 fully saturated rings. The Hall–Kier alpha value is -0.630. The van der Waals surface area contributed by atoms with Crippen molar-refractivity contribution in [3.05, 3.63) is 56.8 Å². The monoisotopic (exact) mass is 316 g/mol. The number of allylic oxidation sites excluding steroid dienone is 4. The summed E-state index contributed by atoms with van der Waals surface area (Å²) in [6, 6.07) is 5.50. The summed E-state index contributed by atoms with van der Waals surface area (Å²) in [5.41, 5.74) is 1.03. The lowest BCUT2D eigenvalue weighted by Gasteiger charge is -2.18. The first-order chi connectivity index (χ1) is 9.06. The first-order valence-electron chi connectivity index (χ1n) is 6.20. The molecule has 0 aromatic heterocycles. The standard InChI is InChI=1S/C15H15Cl3O/c1-10-2-5-13(17)15(8-10)19-7-6-11-3-4-12(16)9-14(11)18/h2-5,9-10H,6-8H2,1H3. The average Bonchev–Trinajstić information content (AvgIpc) is 2.36. The highest BCUT2D eigenvalue weighted by molar-refractivity contribution is 6.35. The first-order valence-corrected chi connectivity index (χ1v) is 7.33. The van der Waals surface area contributed by atoms with Crippen LogP contribution in [0.3, 0.4) is 0 Å². The fraction of sp³-hybridized carbons (Fsp3) is 0.333. The van der Waals surface area contributed by atoms with E-state index in [1.165, 1.54) is 0 Å². The van der Waals surface area contributed by atoms with Gasteiger partial charge >= 0.3 is 0 Å². The van der Waals surface area contributed by atoms with Crippen LogP contribution in [0.4, 0.5) is 0 Å². The van der Waals surface area contributed by atoms with Crippen LogP contribution < -0.4 is 0 Å². The van der Waals surface area contributed by atoms with Gasteiger partial charge in [-0.05, 0) is 29.7 Å². The molecule has 1 unspecified atom stereocenters. The van der Waals surface area contributed by atoms with Crippen LogP contribution in [0.2, 0.25) is 10.0 Å². The van der Waals surface area contributed by atoms with Gasteiger partial charge in [0, 0.05) is 22.9 Å². The summed E-state index contributed by atoms with van der Waals surface area (Å²) < 4.78 is 5.76. The van der Waals surface area contributed by atoms with Crippen molar-refractivity contribution in [1.82, 2.24) is 0 Å². The average molecular weight is 318 g/mol. The topological polar surface area (TPSA) is 9.23 Å². The van der Waals surface area contributed by atoms with Gasteiger partial charge in [0.25, 0.3) is 0 Å². The number of hydrogen-bond acceptors (Lipinski definition) is 1. The highest BCUT2D eigenvalue weighted by atomic mass is 35.5. The first kappa shape index (κ1) is 14.8. The number of hydrogen-bond donors (Lipinski definition) is 0. The SMILES string of the molecule is CC1C=CC(Cl)=C(OCCc2ccc(Cl)cc2Cl)C1. The van der Waals surface area contributed by atoms with Crippen molar-refractivity contribution >= 4 is 34.8 Å². The third-order valence-corrected chi connectivity index (χ3v) is 3.93. The van der Waals surface area contributed by atoms with Gasteiger partial charge in [0.2, 0.25) is 0 Å². The van der Waals surface area contributed by atoms with E-state index in [1.54, 1.807) is 6.07 Å². The maximum Gasteiger partial charge on any atom is 0.115 e. The fourth-order valence-corrected chi connectivity index (χ4v) is 2.64. The number of rotatable bonds is 4. The molecule has 0 spiro atoms. The third kappa shape index (κ3) is 4.17. The third-order valence-electron chi connectivity index (χ3n) is 3.01. The van der Waals surface area contributed by atoms with Gasteiger partial charge in [0.15, 0.2) is 0 Å². The van der Waals surface area contributed by atoms with Crippen LogP contribution >= 0.6 is 34.8 Å². The van der Waals surface area contributed by atoms with E-state index in [-0.39, 0.29) is 0 Å². The van der Waals surface area contributed by atoms with Crippen molar-refractivity contribution in [1.29, 1.82) is 0 Å². The zero-order chi connectivity index (χ0) is 13.8. The van der Waals surface area contributed by atoms with Crippen LogP contribution in [0.25, 0.3) is 0 Å². The Balaban J connectivity index is 1.91. The van der Waals surface area contributed by atoms with E-state index < -0.39 is 0 Å². The van der Waals surface area contributed by atoms with E-state index >= 15 is 0 Å². The van der Waals surface area contributed by atoms with E-state index in [0.717, 1.165) is 24.2 Å². The Labute approximate surface area is 128 Å². The molecule has 1 aromatic rings. The van der Waals surface area contributed by atoms with Crippen LogP contribution in [0.5, 0.6) is 0 Å². The second kappa shape index (κ2) is 6.69. The van der Waals surface area contributed by atoms with Crippen LogP contribution in [0.1, 0.15) is 18.9 Å². The zero-order valence-corrected chi connectivity index (χ0v) is 12.9. The number of halogens is 3. The summed E-state index contributed by atoms with van der Waals surface area (Å²) in [7, 11) is 0. The minimum atomic E-state index is 0.469. The Morgan fingerprint density at radius 2 is 2.05 bits per heavy atom. The lowest BCUT2D eigenvalue weighted by atomic mass is 10.0. The van der Waals surface area contributed by atoms with Gasteiger partial charge < -0.3 is 4.74 Å². The molecule has 0 heterocycles. The molecule has 1 atom stereocenters. The summed E-state index contributed by atoms with van der Waals surface area (Å²) in [5, 5.41) is 2.01. The smallest absolute Gasteiger partial charge is 0.115 e. The molecule has 102 valence electrons. The van der Waals surface area contributed by atoms with Crippen LogP contribution in [-0.2, 0) is 11.2 Å². The molecule has 1 aliphatic carbocycles. The molecule has 0 amide bonds. The predicted molar refractivity (Wildman–Crippen MR) is 81.9 cm³/mol. The molecule has 0 radical (unpaired) electrons. The van der Waals surface area contributed by atoms with Crippen molar-refractivity contribution in [2.75, 3.05) is 6.61 Å². The quantitative estimate of drug-likeness (QED) is 0.702. The maximum absolute atomic E-state index is 6.11. The molecular formula is C15H15Cl3O. The van der Waals surface area contributed by atoms with Gasteiger partial charge in [-0.25, -0.2) is 0 Å². The van der Waals surface area contributed by atoms with Crippen molar-refractivity contribution in [2.24, 2.45) is 5.92 Å². The molecule has 0 N–H and O–H groups in total.